The van der Waals surface area contributed by atoms with Crippen LogP contribution in [0.3, 0.4) is 0 Å². The Morgan fingerprint density at radius 3 is 0.925 bits per heavy atom. The molecule has 2 atom stereocenters. The van der Waals surface area contributed by atoms with E-state index < -0.39 is 0 Å². The van der Waals surface area contributed by atoms with Crippen LogP contribution in [-0.4, -0.2) is 0 Å². The Morgan fingerprint density at radius 1 is 0.450 bits per heavy atom. The summed E-state index contributed by atoms with van der Waals surface area (Å²) in [5.74, 6) is 0.389. The SMILES string of the molecule is Cc1cc([C@H](C)c2cc(C(C)(C)C)cc(C(C)(C)C)c2)c(N)c([C@H](C)c2cc(C(C)(C)C)cc(C(C)(C)C)c2)c1. The van der Waals surface area contributed by atoms with Gasteiger partial charge in [0.2, 0.25) is 0 Å². The summed E-state index contributed by atoms with van der Waals surface area (Å²) in [6.07, 6.45) is 0. The second-order valence-electron chi connectivity index (χ2n) is 16.5. The maximum Gasteiger partial charge on any atom is 0.0391 e. The molecule has 3 aromatic carbocycles. The minimum absolute atomic E-state index is 0.0797. The Balaban J connectivity index is 2.20. The van der Waals surface area contributed by atoms with Gasteiger partial charge >= 0.3 is 0 Å². The van der Waals surface area contributed by atoms with Crippen molar-refractivity contribution in [1.82, 2.24) is 0 Å². The van der Waals surface area contributed by atoms with E-state index in [0.717, 1.165) is 5.69 Å². The molecule has 1 nitrogen and oxygen atoms in total. The van der Waals surface area contributed by atoms with Crippen molar-refractivity contribution in [2.45, 2.75) is 137 Å². The summed E-state index contributed by atoms with van der Waals surface area (Å²) in [7, 11) is 0. The van der Waals surface area contributed by atoms with Crippen LogP contribution >= 0.6 is 0 Å². The van der Waals surface area contributed by atoms with E-state index in [2.05, 4.69) is 152 Å². The molecule has 218 valence electrons. The number of aryl methyl sites for hydroxylation is 1. The lowest BCUT2D eigenvalue weighted by Crippen LogP contribution is -2.18. The number of rotatable bonds is 4. The van der Waals surface area contributed by atoms with E-state index in [1.807, 2.05) is 0 Å². The maximum absolute atomic E-state index is 7.12. The van der Waals surface area contributed by atoms with E-state index in [9.17, 15) is 0 Å². The van der Waals surface area contributed by atoms with Crippen molar-refractivity contribution in [1.29, 1.82) is 0 Å². The molecule has 3 rings (SSSR count). The lowest BCUT2D eigenvalue weighted by molar-refractivity contribution is 0.565. The highest BCUT2D eigenvalue weighted by atomic mass is 14.6. The van der Waals surface area contributed by atoms with E-state index in [1.54, 1.807) is 0 Å². The quantitative estimate of drug-likeness (QED) is 0.328. The molecule has 0 amide bonds. The monoisotopic (exact) mass is 539 g/mol. The zero-order valence-corrected chi connectivity index (χ0v) is 28.4. The van der Waals surface area contributed by atoms with Crippen molar-refractivity contribution < 1.29 is 0 Å². The van der Waals surface area contributed by atoms with Crippen molar-refractivity contribution >= 4 is 5.69 Å². The van der Waals surface area contributed by atoms with Gasteiger partial charge in [0.25, 0.3) is 0 Å². The Morgan fingerprint density at radius 2 is 0.700 bits per heavy atom. The molecule has 0 aliphatic rings. The maximum atomic E-state index is 7.12. The van der Waals surface area contributed by atoms with Gasteiger partial charge in [-0.05, 0) is 73.1 Å². The summed E-state index contributed by atoms with van der Waals surface area (Å²) in [5, 5.41) is 0. The number of nitrogens with two attached hydrogens (primary N) is 1. The molecule has 0 radical (unpaired) electrons. The van der Waals surface area contributed by atoms with Gasteiger partial charge in [-0.2, -0.15) is 0 Å². The molecule has 0 bridgehead atoms. The van der Waals surface area contributed by atoms with Crippen molar-refractivity contribution in [3.8, 4) is 0 Å². The summed E-state index contributed by atoms with van der Waals surface area (Å²) in [6.45, 7) is 34.5. The van der Waals surface area contributed by atoms with Crippen LogP contribution in [-0.2, 0) is 21.7 Å². The molecule has 0 aromatic heterocycles. The van der Waals surface area contributed by atoms with Gasteiger partial charge in [0.1, 0.15) is 0 Å². The summed E-state index contributed by atoms with van der Waals surface area (Å²) < 4.78 is 0. The second kappa shape index (κ2) is 10.7. The smallest absolute Gasteiger partial charge is 0.0391 e. The van der Waals surface area contributed by atoms with Gasteiger partial charge in [-0.15, -0.1) is 0 Å². The van der Waals surface area contributed by atoms with Crippen molar-refractivity contribution in [3.05, 3.63) is 98.6 Å². The van der Waals surface area contributed by atoms with Gasteiger partial charge in [0, 0.05) is 17.5 Å². The molecule has 0 aliphatic carbocycles. The highest BCUT2D eigenvalue weighted by Crippen LogP contribution is 2.41. The summed E-state index contributed by atoms with van der Waals surface area (Å²) in [6, 6.07) is 19.1. The van der Waals surface area contributed by atoms with Crippen LogP contribution in [0.1, 0.15) is 159 Å². The molecular weight excluding hydrogens is 482 g/mol. The summed E-state index contributed by atoms with van der Waals surface area (Å²) in [5.41, 5.74) is 20.3. The van der Waals surface area contributed by atoms with Gasteiger partial charge in [-0.1, -0.05) is 151 Å². The lowest BCUT2D eigenvalue weighted by Gasteiger charge is -2.29. The van der Waals surface area contributed by atoms with Crippen LogP contribution in [0.15, 0.2) is 48.5 Å². The molecule has 0 spiro atoms. The number of benzene rings is 3. The van der Waals surface area contributed by atoms with Crippen LogP contribution in [0.4, 0.5) is 5.69 Å². The zero-order chi connectivity index (χ0) is 30.6. The third kappa shape index (κ3) is 7.02. The molecule has 0 fully saturated rings. The topological polar surface area (TPSA) is 26.0 Å². The first kappa shape index (κ1) is 32.0. The molecule has 3 aromatic rings. The molecule has 0 aliphatic heterocycles. The Bertz CT molecular complexity index is 1190. The van der Waals surface area contributed by atoms with Crippen LogP contribution in [0.2, 0.25) is 0 Å². The van der Waals surface area contributed by atoms with Gasteiger partial charge < -0.3 is 5.73 Å². The van der Waals surface area contributed by atoms with Gasteiger partial charge in [-0.3, -0.25) is 0 Å². The lowest BCUT2D eigenvalue weighted by atomic mass is 9.76. The van der Waals surface area contributed by atoms with Crippen LogP contribution in [0.25, 0.3) is 0 Å². The predicted octanol–water partition coefficient (Wildman–Crippen LogP) is 11.1. The van der Waals surface area contributed by atoms with Crippen LogP contribution in [0, 0.1) is 6.92 Å². The van der Waals surface area contributed by atoms with Crippen molar-refractivity contribution in [2.75, 3.05) is 5.73 Å². The van der Waals surface area contributed by atoms with Crippen LogP contribution < -0.4 is 5.73 Å². The Kier molecular flexibility index (Phi) is 8.55. The zero-order valence-electron chi connectivity index (χ0n) is 28.4. The van der Waals surface area contributed by atoms with Gasteiger partial charge in [-0.25, -0.2) is 0 Å². The highest BCUT2D eigenvalue weighted by Gasteiger charge is 2.26. The van der Waals surface area contributed by atoms with Gasteiger partial charge in [0.05, 0.1) is 0 Å². The fourth-order valence-corrected chi connectivity index (χ4v) is 5.47. The molecule has 2 N–H and O–H groups in total. The third-order valence-electron chi connectivity index (χ3n) is 8.70. The van der Waals surface area contributed by atoms with Crippen molar-refractivity contribution in [3.63, 3.8) is 0 Å². The second-order valence-corrected chi connectivity index (χ2v) is 16.5. The van der Waals surface area contributed by atoms with E-state index in [4.69, 9.17) is 5.73 Å². The van der Waals surface area contributed by atoms with E-state index in [-0.39, 0.29) is 33.5 Å². The Hall–Kier alpha value is -2.54. The molecule has 0 saturated heterocycles. The average Bonchev–Trinajstić information content (AvgIpc) is 2.81. The minimum Gasteiger partial charge on any atom is -0.398 e. The van der Waals surface area contributed by atoms with Crippen LogP contribution in [0.5, 0.6) is 0 Å². The number of anilines is 1. The third-order valence-corrected chi connectivity index (χ3v) is 8.70. The standard InChI is InChI=1S/C39H57N/c1-24-16-33(25(2)27-18-29(36(4,5)6)22-30(19-27)37(7,8)9)35(40)34(17-24)26(3)28-20-31(38(10,11)12)23-32(21-28)39(13,14)15/h16-23,25-26H,40H2,1-15H3/t25-,26-/m1/s1. The normalized spacial score (nSPS) is 14.8. The summed E-state index contributed by atoms with van der Waals surface area (Å²) in [4.78, 5) is 0. The molecule has 0 heterocycles. The predicted molar refractivity (Wildman–Crippen MR) is 178 cm³/mol. The number of nitrogen functional groups attached to an aromatic ring is 1. The molecule has 40 heavy (non-hydrogen) atoms. The van der Waals surface area contributed by atoms with E-state index in [1.165, 1.54) is 50.1 Å². The first-order valence-electron chi connectivity index (χ1n) is 15.2. The molecular formula is C39H57N. The Labute approximate surface area is 247 Å². The highest BCUT2D eigenvalue weighted by molar-refractivity contribution is 5.62. The fourth-order valence-electron chi connectivity index (χ4n) is 5.47. The fraction of sp³-hybridized carbons (Fsp3) is 0.538. The molecule has 1 heteroatoms. The van der Waals surface area contributed by atoms with E-state index >= 15 is 0 Å². The number of hydrogen-bond acceptors (Lipinski definition) is 1. The average molecular weight is 540 g/mol. The first-order valence-corrected chi connectivity index (χ1v) is 15.2. The largest absolute Gasteiger partial charge is 0.398 e. The molecule has 0 unspecified atom stereocenters. The summed E-state index contributed by atoms with van der Waals surface area (Å²) >= 11 is 0. The molecule has 0 saturated carbocycles. The minimum atomic E-state index is 0.0797. The number of hydrogen-bond donors (Lipinski definition) is 1. The van der Waals surface area contributed by atoms with Crippen molar-refractivity contribution in [2.24, 2.45) is 0 Å². The first-order chi connectivity index (χ1) is 18.0. The van der Waals surface area contributed by atoms with Gasteiger partial charge in [0.15, 0.2) is 0 Å². The van der Waals surface area contributed by atoms with E-state index in [0.29, 0.717) is 0 Å².